The molecule has 0 aliphatic heterocycles. The van der Waals surface area contributed by atoms with Crippen molar-refractivity contribution >= 4 is 23.0 Å². The number of aromatic amines is 1. The molecule has 2 N–H and O–H groups in total. The summed E-state index contributed by atoms with van der Waals surface area (Å²) in [5.74, 6) is -0.415. The molecule has 1 heterocycles. The molecule has 0 saturated heterocycles. The van der Waals surface area contributed by atoms with Crippen molar-refractivity contribution in [2.24, 2.45) is 0 Å². The van der Waals surface area contributed by atoms with E-state index >= 15 is 0 Å². The van der Waals surface area contributed by atoms with Crippen molar-refractivity contribution in [3.63, 3.8) is 0 Å². The van der Waals surface area contributed by atoms with Crippen LogP contribution in [0.1, 0.15) is 0 Å². The fourth-order valence-electron chi connectivity index (χ4n) is 1.11. The first-order valence-electron chi connectivity index (χ1n) is 3.76. The van der Waals surface area contributed by atoms with Gasteiger partial charge in [0.05, 0.1) is 5.52 Å². The van der Waals surface area contributed by atoms with Crippen LogP contribution in [-0.4, -0.2) is 12.0 Å². The molecule has 0 bridgehead atoms. The Hall–Kier alpha value is -1.20. The largest absolute Gasteiger partial charge is 0.417 e. The van der Waals surface area contributed by atoms with Gasteiger partial charge < -0.3 is 4.42 Å². The van der Waals surface area contributed by atoms with E-state index in [4.69, 9.17) is 4.42 Å². The molecular weight excluding hydrogens is 188 g/mol. The van der Waals surface area contributed by atoms with Crippen molar-refractivity contribution in [1.29, 1.82) is 0 Å². The van der Waals surface area contributed by atoms with Crippen molar-refractivity contribution in [2.75, 3.05) is 7.05 Å². The van der Waals surface area contributed by atoms with Crippen LogP contribution in [0.2, 0.25) is 0 Å². The summed E-state index contributed by atoms with van der Waals surface area (Å²) in [6.45, 7) is 0. The van der Waals surface area contributed by atoms with Gasteiger partial charge in [-0.25, -0.2) is 4.79 Å². The van der Waals surface area contributed by atoms with Gasteiger partial charge in [-0.05, 0) is 37.2 Å². The molecule has 1 aromatic carbocycles. The minimum absolute atomic E-state index is 0.415. The zero-order valence-electron chi connectivity index (χ0n) is 6.96. The quantitative estimate of drug-likeness (QED) is 0.712. The molecule has 68 valence electrons. The first-order valence-corrected chi connectivity index (χ1v) is 4.58. The summed E-state index contributed by atoms with van der Waals surface area (Å²) in [4.78, 5) is 14.4. The minimum Gasteiger partial charge on any atom is -0.408 e. The van der Waals surface area contributed by atoms with E-state index in [0.717, 1.165) is 10.4 Å². The van der Waals surface area contributed by atoms with E-state index in [2.05, 4.69) is 9.71 Å². The zero-order valence-corrected chi connectivity index (χ0v) is 7.77. The number of rotatable bonds is 2. The standard InChI is InChI=1S/C8H8N2O2S/c1-9-13-5-2-3-6-7(4-5)12-8(11)10-6/h2-4,9H,1H3,(H,10,11). The maximum Gasteiger partial charge on any atom is 0.417 e. The second-order valence-electron chi connectivity index (χ2n) is 2.48. The summed E-state index contributed by atoms with van der Waals surface area (Å²) < 4.78 is 7.84. The molecule has 0 spiro atoms. The van der Waals surface area contributed by atoms with Crippen molar-refractivity contribution in [1.82, 2.24) is 9.71 Å². The Morgan fingerprint density at radius 3 is 3.15 bits per heavy atom. The number of hydrogen-bond acceptors (Lipinski definition) is 4. The molecule has 2 aromatic rings. The first-order chi connectivity index (χ1) is 6.29. The van der Waals surface area contributed by atoms with E-state index in [9.17, 15) is 4.79 Å². The lowest BCUT2D eigenvalue weighted by atomic mass is 10.3. The highest BCUT2D eigenvalue weighted by atomic mass is 32.2. The van der Waals surface area contributed by atoms with E-state index in [0.29, 0.717) is 5.58 Å². The SMILES string of the molecule is CNSc1ccc2[nH]c(=O)oc2c1. The fourth-order valence-corrected chi connectivity index (χ4v) is 1.64. The molecule has 0 unspecified atom stereocenters. The topological polar surface area (TPSA) is 58.0 Å². The summed E-state index contributed by atoms with van der Waals surface area (Å²) in [6, 6.07) is 5.54. The number of H-pyrrole nitrogens is 1. The van der Waals surface area contributed by atoms with Crippen LogP contribution in [-0.2, 0) is 0 Å². The highest BCUT2D eigenvalue weighted by Crippen LogP contribution is 2.19. The Morgan fingerprint density at radius 1 is 1.54 bits per heavy atom. The molecule has 0 saturated carbocycles. The van der Waals surface area contributed by atoms with Crippen molar-refractivity contribution < 1.29 is 4.42 Å². The summed E-state index contributed by atoms with van der Waals surface area (Å²) >= 11 is 1.47. The summed E-state index contributed by atoms with van der Waals surface area (Å²) in [6.07, 6.45) is 0. The van der Waals surface area contributed by atoms with Gasteiger partial charge in [-0.2, -0.15) is 0 Å². The molecule has 2 rings (SSSR count). The van der Waals surface area contributed by atoms with Crippen LogP contribution in [0.3, 0.4) is 0 Å². The van der Waals surface area contributed by atoms with E-state index in [1.807, 2.05) is 25.2 Å². The molecule has 0 aliphatic rings. The van der Waals surface area contributed by atoms with Crippen molar-refractivity contribution in [3.8, 4) is 0 Å². The maximum absolute atomic E-state index is 10.8. The van der Waals surface area contributed by atoms with Gasteiger partial charge in [0.25, 0.3) is 0 Å². The summed E-state index contributed by atoms with van der Waals surface area (Å²) in [7, 11) is 1.84. The lowest BCUT2D eigenvalue weighted by Gasteiger charge is -1.96. The molecular formula is C8H8N2O2S. The van der Waals surface area contributed by atoms with Crippen LogP contribution in [0.5, 0.6) is 0 Å². The predicted octanol–water partition coefficient (Wildman–Crippen LogP) is 1.35. The van der Waals surface area contributed by atoms with Crippen molar-refractivity contribution in [2.45, 2.75) is 4.90 Å². The molecule has 0 atom stereocenters. The molecule has 0 radical (unpaired) electrons. The molecule has 5 heteroatoms. The first kappa shape index (κ1) is 8.40. The van der Waals surface area contributed by atoms with E-state index in [1.54, 1.807) is 0 Å². The van der Waals surface area contributed by atoms with Gasteiger partial charge in [-0.3, -0.25) is 9.71 Å². The second kappa shape index (κ2) is 3.27. The van der Waals surface area contributed by atoms with Gasteiger partial charge in [0.15, 0.2) is 5.58 Å². The molecule has 4 nitrogen and oxygen atoms in total. The Labute approximate surface area is 78.5 Å². The Balaban J connectivity index is 2.54. The smallest absolute Gasteiger partial charge is 0.408 e. The van der Waals surface area contributed by atoms with E-state index in [1.165, 1.54) is 11.9 Å². The number of hydrogen-bond donors (Lipinski definition) is 2. The number of benzene rings is 1. The maximum atomic E-state index is 10.8. The van der Waals surface area contributed by atoms with Crippen LogP contribution in [0.25, 0.3) is 11.1 Å². The number of fused-ring (bicyclic) bond motifs is 1. The minimum atomic E-state index is -0.415. The third kappa shape index (κ3) is 1.61. The Morgan fingerprint density at radius 2 is 2.38 bits per heavy atom. The van der Waals surface area contributed by atoms with Crippen LogP contribution in [0.15, 0.2) is 32.3 Å². The van der Waals surface area contributed by atoms with Crippen LogP contribution in [0.4, 0.5) is 0 Å². The lowest BCUT2D eigenvalue weighted by Crippen LogP contribution is -1.92. The third-order valence-electron chi connectivity index (χ3n) is 1.61. The fraction of sp³-hybridized carbons (Fsp3) is 0.125. The molecule has 0 fully saturated rings. The summed E-state index contributed by atoms with van der Waals surface area (Å²) in [5.41, 5.74) is 1.32. The highest BCUT2D eigenvalue weighted by Gasteiger charge is 2.01. The average Bonchev–Trinajstić information content (AvgIpc) is 2.44. The number of aromatic nitrogens is 1. The lowest BCUT2D eigenvalue weighted by molar-refractivity contribution is 0.555. The molecule has 0 aliphatic carbocycles. The van der Waals surface area contributed by atoms with Crippen LogP contribution in [0, 0.1) is 0 Å². The third-order valence-corrected chi connectivity index (χ3v) is 2.31. The van der Waals surface area contributed by atoms with E-state index < -0.39 is 5.76 Å². The van der Waals surface area contributed by atoms with Gasteiger partial charge in [-0.15, -0.1) is 0 Å². The van der Waals surface area contributed by atoms with E-state index in [-0.39, 0.29) is 0 Å². The van der Waals surface area contributed by atoms with Gasteiger partial charge in [-0.1, -0.05) is 0 Å². The molecule has 13 heavy (non-hydrogen) atoms. The predicted molar refractivity (Wildman–Crippen MR) is 51.8 cm³/mol. The summed E-state index contributed by atoms with van der Waals surface area (Å²) in [5, 5.41) is 0. The molecule has 1 aromatic heterocycles. The Kier molecular flexibility index (Phi) is 2.12. The highest BCUT2D eigenvalue weighted by molar-refractivity contribution is 7.97. The van der Waals surface area contributed by atoms with Crippen LogP contribution >= 0.6 is 11.9 Å². The van der Waals surface area contributed by atoms with Gasteiger partial charge in [0, 0.05) is 4.90 Å². The van der Waals surface area contributed by atoms with Gasteiger partial charge in [0.1, 0.15) is 0 Å². The van der Waals surface area contributed by atoms with Crippen LogP contribution < -0.4 is 10.5 Å². The molecule has 0 amide bonds. The zero-order chi connectivity index (χ0) is 9.26. The Bertz CT molecular complexity index is 474. The average molecular weight is 196 g/mol. The second-order valence-corrected chi connectivity index (χ2v) is 3.56. The van der Waals surface area contributed by atoms with Gasteiger partial charge >= 0.3 is 5.76 Å². The number of nitrogens with one attached hydrogen (secondary N) is 2. The monoisotopic (exact) mass is 196 g/mol. The number of oxazole rings is 1. The normalized spacial score (nSPS) is 10.8. The van der Waals surface area contributed by atoms with Gasteiger partial charge in [0.2, 0.25) is 0 Å². The van der Waals surface area contributed by atoms with Crippen molar-refractivity contribution in [3.05, 3.63) is 28.7 Å².